The molecule has 0 aromatic heterocycles. The average molecular weight is 342 g/mol. The largest absolute Gasteiger partial charge is 0.495 e. The van der Waals surface area contributed by atoms with Gasteiger partial charge in [-0.1, -0.05) is 6.92 Å². The third kappa shape index (κ3) is 2.69. The first kappa shape index (κ1) is 15.3. The molecule has 2 rings (SSSR count). The Kier molecular flexibility index (Phi) is 4.70. The molecule has 1 heterocycles. The molecule has 1 aliphatic heterocycles. The average Bonchev–Trinajstić information content (AvgIpc) is 2.47. The molecule has 5 heteroatoms. The summed E-state index contributed by atoms with van der Waals surface area (Å²) in [4.78, 5) is 12.9. The Morgan fingerprint density at radius 3 is 2.45 bits per heavy atom. The van der Waals surface area contributed by atoms with Crippen LogP contribution in [0.3, 0.4) is 0 Å². The Hall–Kier alpha value is -1.07. The maximum atomic E-state index is 12.9. The summed E-state index contributed by atoms with van der Waals surface area (Å²) in [6.45, 7) is 3.79. The van der Waals surface area contributed by atoms with Gasteiger partial charge in [-0.05, 0) is 54.0 Å². The number of piperidine rings is 1. The maximum Gasteiger partial charge on any atom is 0.172 e. The second-order valence-corrected chi connectivity index (χ2v) is 6.10. The number of methoxy groups -OCH3 is 2. The summed E-state index contributed by atoms with van der Waals surface area (Å²) in [5, 5.41) is 3.29. The van der Waals surface area contributed by atoms with Crippen molar-refractivity contribution in [3.05, 3.63) is 22.2 Å². The van der Waals surface area contributed by atoms with E-state index in [1.165, 1.54) is 0 Å². The molecular weight excluding hydrogens is 322 g/mol. The van der Waals surface area contributed by atoms with Gasteiger partial charge in [0, 0.05) is 5.41 Å². The number of Topliss-reactive ketones (excluding diaryl/α,β-unsaturated/α-hetero) is 1. The summed E-state index contributed by atoms with van der Waals surface area (Å²) < 4.78 is 11.3. The first-order valence-corrected chi connectivity index (χ1v) is 7.49. The topological polar surface area (TPSA) is 47.6 Å². The lowest BCUT2D eigenvalue weighted by Crippen LogP contribution is -2.40. The van der Waals surface area contributed by atoms with Crippen LogP contribution < -0.4 is 14.8 Å². The van der Waals surface area contributed by atoms with Gasteiger partial charge in [0.1, 0.15) is 16.0 Å². The Morgan fingerprint density at radius 1 is 1.25 bits per heavy atom. The molecule has 0 saturated carbocycles. The van der Waals surface area contributed by atoms with Gasteiger partial charge in [0.25, 0.3) is 0 Å². The number of hydrogen-bond acceptors (Lipinski definition) is 4. The van der Waals surface area contributed by atoms with E-state index >= 15 is 0 Å². The van der Waals surface area contributed by atoms with Gasteiger partial charge < -0.3 is 14.8 Å². The van der Waals surface area contributed by atoms with E-state index in [0.29, 0.717) is 21.5 Å². The first-order valence-electron chi connectivity index (χ1n) is 6.69. The molecule has 0 radical (unpaired) electrons. The quantitative estimate of drug-likeness (QED) is 0.855. The van der Waals surface area contributed by atoms with Crippen LogP contribution in [-0.4, -0.2) is 33.1 Å². The smallest absolute Gasteiger partial charge is 0.172 e. The molecule has 1 aromatic rings. The Balaban J connectivity index is 2.41. The fourth-order valence-electron chi connectivity index (χ4n) is 2.60. The highest BCUT2D eigenvalue weighted by Gasteiger charge is 2.37. The van der Waals surface area contributed by atoms with Crippen molar-refractivity contribution in [3.63, 3.8) is 0 Å². The molecule has 110 valence electrons. The first-order chi connectivity index (χ1) is 9.53. The van der Waals surface area contributed by atoms with Crippen LogP contribution in [0.4, 0.5) is 0 Å². The van der Waals surface area contributed by atoms with Crippen molar-refractivity contribution in [2.24, 2.45) is 5.41 Å². The van der Waals surface area contributed by atoms with Crippen LogP contribution in [0.15, 0.2) is 16.6 Å². The molecule has 0 aliphatic carbocycles. The van der Waals surface area contributed by atoms with E-state index in [4.69, 9.17) is 9.47 Å². The van der Waals surface area contributed by atoms with Gasteiger partial charge in [0.05, 0.1) is 19.8 Å². The highest BCUT2D eigenvalue weighted by Crippen LogP contribution is 2.41. The minimum Gasteiger partial charge on any atom is -0.495 e. The number of ether oxygens (including phenoxy) is 2. The highest BCUT2D eigenvalue weighted by molar-refractivity contribution is 9.10. The fraction of sp³-hybridized carbons (Fsp3) is 0.533. The van der Waals surface area contributed by atoms with Crippen molar-refractivity contribution in [2.45, 2.75) is 19.8 Å². The van der Waals surface area contributed by atoms with E-state index in [0.717, 1.165) is 25.9 Å². The highest BCUT2D eigenvalue weighted by atomic mass is 79.9. The lowest BCUT2D eigenvalue weighted by molar-refractivity contribution is 0.0759. The van der Waals surface area contributed by atoms with E-state index in [-0.39, 0.29) is 11.2 Å². The van der Waals surface area contributed by atoms with Crippen LogP contribution in [0.2, 0.25) is 0 Å². The number of ketones is 1. The molecule has 4 nitrogen and oxygen atoms in total. The standard InChI is InChI=1S/C15H20BrNO3/c1-15(6-8-17-9-7-15)14(18)10-4-5-11(19-2)12(16)13(10)20-3/h4-5,17H,6-9H2,1-3H3. The van der Waals surface area contributed by atoms with Crippen LogP contribution in [0, 0.1) is 5.41 Å². The zero-order valence-electron chi connectivity index (χ0n) is 12.1. The van der Waals surface area contributed by atoms with Gasteiger partial charge in [-0.2, -0.15) is 0 Å². The predicted octanol–water partition coefficient (Wildman–Crippen LogP) is 3.04. The molecule has 1 aromatic carbocycles. The fourth-order valence-corrected chi connectivity index (χ4v) is 3.27. The van der Waals surface area contributed by atoms with E-state index < -0.39 is 0 Å². The van der Waals surface area contributed by atoms with Crippen LogP contribution >= 0.6 is 15.9 Å². The van der Waals surface area contributed by atoms with Gasteiger partial charge in [-0.15, -0.1) is 0 Å². The Morgan fingerprint density at radius 2 is 1.90 bits per heavy atom. The van der Waals surface area contributed by atoms with Crippen molar-refractivity contribution >= 4 is 21.7 Å². The van der Waals surface area contributed by atoms with Gasteiger partial charge in [0.2, 0.25) is 0 Å². The molecule has 20 heavy (non-hydrogen) atoms. The second-order valence-electron chi connectivity index (χ2n) is 5.30. The number of nitrogens with one attached hydrogen (secondary N) is 1. The monoisotopic (exact) mass is 341 g/mol. The zero-order chi connectivity index (χ0) is 14.8. The third-order valence-corrected chi connectivity index (χ3v) is 4.74. The van der Waals surface area contributed by atoms with Crippen LogP contribution in [0.1, 0.15) is 30.1 Å². The van der Waals surface area contributed by atoms with Crippen LogP contribution in [-0.2, 0) is 0 Å². The third-order valence-electron chi connectivity index (χ3n) is 3.99. The van der Waals surface area contributed by atoms with Gasteiger partial charge in [-0.3, -0.25) is 4.79 Å². The summed E-state index contributed by atoms with van der Waals surface area (Å²) in [5.74, 6) is 1.35. The minimum atomic E-state index is -0.327. The summed E-state index contributed by atoms with van der Waals surface area (Å²) >= 11 is 3.45. The molecule has 1 saturated heterocycles. The number of rotatable bonds is 4. The molecule has 0 spiro atoms. The molecule has 0 unspecified atom stereocenters. The molecule has 0 amide bonds. The van der Waals surface area contributed by atoms with Crippen molar-refractivity contribution in [3.8, 4) is 11.5 Å². The number of carbonyl (C=O) groups is 1. The van der Waals surface area contributed by atoms with Gasteiger partial charge in [-0.25, -0.2) is 0 Å². The molecular formula is C15H20BrNO3. The molecule has 1 aliphatic rings. The van der Waals surface area contributed by atoms with Crippen LogP contribution in [0.25, 0.3) is 0 Å². The summed E-state index contributed by atoms with van der Waals surface area (Å²) in [7, 11) is 3.16. The molecule has 0 bridgehead atoms. The van der Waals surface area contributed by atoms with Crippen molar-refractivity contribution in [1.29, 1.82) is 0 Å². The van der Waals surface area contributed by atoms with E-state index in [1.807, 2.05) is 6.92 Å². The van der Waals surface area contributed by atoms with E-state index in [9.17, 15) is 4.79 Å². The van der Waals surface area contributed by atoms with Crippen LogP contribution in [0.5, 0.6) is 11.5 Å². The van der Waals surface area contributed by atoms with Gasteiger partial charge >= 0.3 is 0 Å². The molecule has 1 N–H and O–H groups in total. The lowest BCUT2D eigenvalue weighted by Gasteiger charge is -2.33. The second kappa shape index (κ2) is 6.14. The number of halogens is 1. The lowest BCUT2D eigenvalue weighted by atomic mass is 9.75. The zero-order valence-corrected chi connectivity index (χ0v) is 13.7. The normalized spacial score (nSPS) is 17.6. The molecule has 0 atom stereocenters. The van der Waals surface area contributed by atoms with Crippen molar-refractivity contribution in [1.82, 2.24) is 5.32 Å². The van der Waals surface area contributed by atoms with E-state index in [1.54, 1.807) is 26.4 Å². The van der Waals surface area contributed by atoms with Gasteiger partial charge in [0.15, 0.2) is 5.78 Å². The Bertz CT molecular complexity index is 510. The maximum absolute atomic E-state index is 12.9. The minimum absolute atomic E-state index is 0.138. The van der Waals surface area contributed by atoms with Crippen molar-refractivity contribution < 1.29 is 14.3 Å². The number of benzene rings is 1. The summed E-state index contributed by atoms with van der Waals surface area (Å²) in [5.41, 5.74) is 0.289. The Labute approximate surface area is 128 Å². The number of hydrogen-bond donors (Lipinski definition) is 1. The summed E-state index contributed by atoms with van der Waals surface area (Å²) in [6, 6.07) is 3.59. The van der Waals surface area contributed by atoms with E-state index in [2.05, 4.69) is 21.2 Å². The predicted molar refractivity (Wildman–Crippen MR) is 81.8 cm³/mol. The SMILES string of the molecule is COc1ccc(C(=O)C2(C)CCNCC2)c(OC)c1Br. The number of carbonyl (C=O) groups excluding carboxylic acids is 1. The summed E-state index contributed by atoms with van der Waals surface area (Å²) in [6.07, 6.45) is 1.69. The van der Waals surface area contributed by atoms with Crippen molar-refractivity contribution in [2.75, 3.05) is 27.3 Å². The molecule has 1 fully saturated rings.